The first kappa shape index (κ1) is 20.7. The summed E-state index contributed by atoms with van der Waals surface area (Å²) in [6.45, 7) is 0.417. The maximum absolute atomic E-state index is 11.9. The van der Waals surface area contributed by atoms with E-state index in [2.05, 4.69) is 10.1 Å². The minimum atomic E-state index is -0.300. The first-order chi connectivity index (χ1) is 12.1. The fourth-order valence-corrected chi connectivity index (χ4v) is 2.49. The summed E-state index contributed by atoms with van der Waals surface area (Å²) in [5.74, 6) is -1.00. The van der Waals surface area contributed by atoms with Crippen LogP contribution in [-0.4, -0.2) is 38.6 Å². The number of nitrogens with one attached hydrogen (secondary N) is 1. The molecule has 0 aliphatic carbocycles. The fraction of sp³-hybridized carbons (Fsp3) is 0.526. The standard InChI is InChI=1S/C19H27NO5/c1-24-18(22)9-6-14-20-17(21)13-12-16(19(23)25-2)11-10-15-7-4-3-5-8-15/h3-5,7-8,16H,6,9-14H2,1-2H3,(H,20,21). The summed E-state index contributed by atoms with van der Waals surface area (Å²) < 4.78 is 9.38. The van der Waals surface area contributed by atoms with E-state index in [4.69, 9.17) is 4.74 Å². The van der Waals surface area contributed by atoms with Crippen molar-refractivity contribution in [2.75, 3.05) is 20.8 Å². The minimum Gasteiger partial charge on any atom is -0.469 e. The van der Waals surface area contributed by atoms with Crippen molar-refractivity contribution in [3.05, 3.63) is 35.9 Å². The second-order valence-corrected chi connectivity index (χ2v) is 5.81. The Balaban J connectivity index is 2.33. The average Bonchev–Trinajstić information content (AvgIpc) is 2.65. The van der Waals surface area contributed by atoms with Gasteiger partial charge in [0.2, 0.25) is 5.91 Å². The predicted molar refractivity (Wildman–Crippen MR) is 93.8 cm³/mol. The second-order valence-electron chi connectivity index (χ2n) is 5.81. The molecule has 1 rings (SSSR count). The minimum absolute atomic E-state index is 0.126. The van der Waals surface area contributed by atoms with Crippen LogP contribution in [0.25, 0.3) is 0 Å². The lowest BCUT2D eigenvalue weighted by Crippen LogP contribution is -2.26. The molecular weight excluding hydrogens is 322 g/mol. The van der Waals surface area contributed by atoms with Crippen LogP contribution in [0.2, 0.25) is 0 Å². The van der Waals surface area contributed by atoms with Gasteiger partial charge in [0.05, 0.1) is 20.1 Å². The molecule has 0 radical (unpaired) electrons. The first-order valence-corrected chi connectivity index (χ1v) is 8.52. The SMILES string of the molecule is COC(=O)CCCNC(=O)CCC(CCc1ccccc1)C(=O)OC. The third-order valence-electron chi connectivity index (χ3n) is 3.99. The maximum atomic E-state index is 11.9. The Hall–Kier alpha value is -2.37. The van der Waals surface area contributed by atoms with Crippen LogP contribution in [0.1, 0.15) is 37.7 Å². The number of ether oxygens (including phenoxy) is 2. The molecule has 0 aromatic heterocycles. The van der Waals surface area contributed by atoms with Crippen molar-refractivity contribution in [2.24, 2.45) is 5.92 Å². The van der Waals surface area contributed by atoms with Crippen molar-refractivity contribution in [1.29, 1.82) is 0 Å². The highest BCUT2D eigenvalue weighted by molar-refractivity contribution is 5.77. The predicted octanol–water partition coefficient (Wildman–Crippen LogP) is 2.26. The molecule has 1 aromatic rings. The van der Waals surface area contributed by atoms with Crippen LogP contribution in [0.4, 0.5) is 0 Å². The van der Waals surface area contributed by atoms with Crippen molar-refractivity contribution in [3.8, 4) is 0 Å². The lowest BCUT2D eigenvalue weighted by atomic mass is 9.95. The first-order valence-electron chi connectivity index (χ1n) is 8.52. The molecule has 0 spiro atoms. The van der Waals surface area contributed by atoms with E-state index < -0.39 is 0 Å². The molecule has 0 fully saturated rings. The van der Waals surface area contributed by atoms with E-state index in [-0.39, 0.29) is 36.6 Å². The summed E-state index contributed by atoms with van der Waals surface area (Å²) in [5, 5.41) is 2.75. The Morgan fingerprint density at radius 2 is 1.72 bits per heavy atom. The normalized spacial score (nSPS) is 11.4. The number of hydrogen-bond donors (Lipinski definition) is 1. The largest absolute Gasteiger partial charge is 0.469 e. The summed E-state index contributed by atoms with van der Waals surface area (Å²) in [6.07, 6.45) is 2.92. The highest BCUT2D eigenvalue weighted by Crippen LogP contribution is 2.17. The van der Waals surface area contributed by atoms with Gasteiger partial charge in [-0.3, -0.25) is 14.4 Å². The third kappa shape index (κ3) is 8.88. The zero-order valence-corrected chi connectivity index (χ0v) is 15.0. The molecule has 1 aromatic carbocycles. The van der Waals surface area contributed by atoms with Crippen LogP contribution in [0.3, 0.4) is 0 Å². The van der Waals surface area contributed by atoms with Gasteiger partial charge in [0.1, 0.15) is 0 Å². The topological polar surface area (TPSA) is 81.7 Å². The Kier molecular flexibility index (Phi) is 9.97. The summed E-state index contributed by atoms with van der Waals surface area (Å²) >= 11 is 0. The van der Waals surface area contributed by atoms with Crippen LogP contribution in [0.5, 0.6) is 0 Å². The molecule has 0 saturated carbocycles. The van der Waals surface area contributed by atoms with E-state index in [1.807, 2.05) is 30.3 Å². The van der Waals surface area contributed by atoms with Gasteiger partial charge in [-0.25, -0.2) is 0 Å². The van der Waals surface area contributed by atoms with E-state index in [1.54, 1.807) is 0 Å². The molecule has 0 heterocycles. The highest BCUT2D eigenvalue weighted by atomic mass is 16.5. The van der Waals surface area contributed by atoms with Gasteiger partial charge in [0.15, 0.2) is 0 Å². The number of carbonyl (C=O) groups is 3. The highest BCUT2D eigenvalue weighted by Gasteiger charge is 2.20. The van der Waals surface area contributed by atoms with Crippen molar-refractivity contribution >= 4 is 17.8 Å². The van der Waals surface area contributed by atoms with Crippen molar-refractivity contribution in [2.45, 2.75) is 38.5 Å². The maximum Gasteiger partial charge on any atom is 0.308 e. The summed E-state index contributed by atoms with van der Waals surface area (Å²) in [4.78, 5) is 34.8. The third-order valence-corrected chi connectivity index (χ3v) is 3.99. The number of rotatable bonds is 11. The van der Waals surface area contributed by atoms with Crippen molar-refractivity contribution in [1.82, 2.24) is 5.32 Å². The number of esters is 2. The summed E-state index contributed by atoms with van der Waals surface area (Å²) in [5.41, 5.74) is 1.16. The number of hydrogen-bond acceptors (Lipinski definition) is 5. The van der Waals surface area contributed by atoms with Gasteiger partial charge in [-0.05, 0) is 31.2 Å². The van der Waals surface area contributed by atoms with Crippen molar-refractivity contribution < 1.29 is 23.9 Å². The van der Waals surface area contributed by atoms with Crippen molar-refractivity contribution in [3.63, 3.8) is 0 Å². The van der Waals surface area contributed by atoms with E-state index in [0.29, 0.717) is 25.8 Å². The van der Waals surface area contributed by atoms with Gasteiger partial charge in [-0.2, -0.15) is 0 Å². The van der Waals surface area contributed by atoms with E-state index >= 15 is 0 Å². The van der Waals surface area contributed by atoms with Crippen LogP contribution < -0.4 is 5.32 Å². The zero-order chi connectivity index (χ0) is 18.5. The second kappa shape index (κ2) is 12.1. The Morgan fingerprint density at radius 1 is 1.00 bits per heavy atom. The van der Waals surface area contributed by atoms with E-state index in [1.165, 1.54) is 14.2 Å². The molecule has 1 N–H and O–H groups in total. The average molecular weight is 349 g/mol. The van der Waals surface area contributed by atoms with E-state index in [0.717, 1.165) is 12.0 Å². The molecular formula is C19H27NO5. The molecule has 25 heavy (non-hydrogen) atoms. The summed E-state index contributed by atoms with van der Waals surface area (Å²) in [7, 11) is 2.70. The molecule has 6 heteroatoms. The Morgan fingerprint density at radius 3 is 2.36 bits per heavy atom. The smallest absolute Gasteiger partial charge is 0.308 e. The summed E-state index contributed by atoms with van der Waals surface area (Å²) in [6, 6.07) is 9.91. The lowest BCUT2D eigenvalue weighted by molar-refractivity contribution is -0.146. The van der Waals surface area contributed by atoms with Crippen LogP contribution in [0, 0.1) is 5.92 Å². The van der Waals surface area contributed by atoms with E-state index in [9.17, 15) is 14.4 Å². The number of carbonyl (C=O) groups excluding carboxylic acids is 3. The molecule has 1 amide bonds. The molecule has 0 aliphatic rings. The monoisotopic (exact) mass is 349 g/mol. The molecule has 1 atom stereocenters. The molecule has 0 aliphatic heterocycles. The zero-order valence-electron chi connectivity index (χ0n) is 15.0. The lowest BCUT2D eigenvalue weighted by Gasteiger charge is -2.14. The van der Waals surface area contributed by atoms with Gasteiger partial charge in [0.25, 0.3) is 0 Å². The van der Waals surface area contributed by atoms with Crippen LogP contribution >= 0.6 is 0 Å². The van der Waals surface area contributed by atoms with Gasteiger partial charge >= 0.3 is 11.9 Å². The molecule has 1 unspecified atom stereocenters. The quantitative estimate of drug-likeness (QED) is 0.489. The van der Waals surface area contributed by atoms with Gasteiger partial charge < -0.3 is 14.8 Å². The molecule has 6 nitrogen and oxygen atoms in total. The molecule has 138 valence electrons. The number of amides is 1. The van der Waals surface area contributed by atoms with Crippen LogP contribution in [-0.2, 0) is 30.3 Å². The fourth-order valence-electron chi connectivity index (χ4n) is 2.49. The molecule has 0 saturated heterocycles. The molecule has 0 bridgehead atoms. The number of methoxy groups -OCH3 is 2. The van der Waals surface area contributed by atoms with Gasteiger partial charge in [0, 0.05) is 19.4 Å². The Bertz CT molecular complexity index is 544. The van der Waals surface area contributed by atoms with Gasteiger partial charge in [-0.15, -0.1) is 0 Å². The van der Waals surface area contributed by atoms with Crippen LogP contribution in [0.15, 0.2) is 30.3 Å². The number of benzene rings is 1. The Labute approximate surface area is 148 Å². The van der Waals surface area contributed by atoms with Gasteiger partial charge in [-0.1, -0.05) is 30.3 Å². The number of aryl methyl sites for hydroxylation is 1.